The molecule has 15 heavy (non-hydrogen) atoms. The van der Waals surface area contributed by atoms with Gasteiger partial charge in [-0.3, -0.25) is 4.79 Å². The molecule has 0 amide bonds. The van der Waals surface area contributed by atoms with Crippen LogP contribution >= 0.6 is 0 Å². The number of carbonyl (C=O) groups excluding carboxylic acids is 1. The van der Waals surface area contributed by atoms with Gasteiger partial charge in [0.05, 0.1) is 0 Å². The molecule has 0 radical (unpaired) electrons. The van der Waals surface area contributed by atoms with Crippen molar-refractivity contribution < 1.29 is 9.21 Å². The Morgan fingerprint density at radius 1 is 1.33 bits per heavy atom. The van der Waals surface area contributed by atoms with Gasteiger partial charge in [-0.05, 0) is 25.5 Å². The van der Waals surface area contributed by atoms with Crippen molar-refractivity contribution in [1.82, 2.24) is 4.98 Å². The van der Waals surface area contributed by atoms with Crippen LogP contribution in [0.4, 0.5) is 0 Å². The van der Waals surface area contributed by atoms with Gasteiger partial charge < -0.3 is 4.42 Å². The average Bonchev–Trinajstić information content (AvgIpc) is 2.69. The molecule has 3 nitrogen and oxygen atoms in total. The summed E-state index contributed by atoms with van der Waals surface area (Å²) in [6, 6.07) is 6.04. The zero-order chi connectivity index (χ0) is 10.8. The Balaban J connectivity index is 2.62. The third-order valence-corrected chi connectivity index (χ3v) is 2.35. The second-order valence-electron chi connectivity index (χ2n) is 3.50. The molecule has 1 aromatic carbocycles. The van der Waals surface area contributed by atoms with E-state index in [0.717, 1.165) is 16.7 Å². The summed E-state index contributed by atoms with van der Waals surface area (Å²) in [5.74, 6) is 0.281. The second-order valence-corrected chi connectivity index (χ2v) is 3.50. The van der Waals surface area contributed by atoms with Crippen LogP contribution in [0, 0.1) is 13.8 Å². The van der Waals surface area contributed by atoms with Crippen LogP contribution in [0.5, 0.6) is 0 Å². The molecule has 0 spiro atoms. The number of hydrogen-bond acceptors (Lipinski definition) is 3. The van der Waals surface area contributed by atoms with E-state index < -0.39 is 0 Å². The van der Waals surface area contributed by atoms with E-state index in [4.69, 9.17) is 4.42 Å². The topological polar surface area (TPSA) is 43.1 Å². The van der Waals surface area contributed by atoms with Gasteiger partial charge in [0.15, 0.2) is 18.4 Å². The molecule has 0 aliphatic heterocycles. The number of carbonyl (C=O) groups is 1. The number of nitrogens with zero attached hydrogens (tertiary/aromatic N) is 1. The fourth-order valence-electron chi connectivity index (χ4n) is 1.53. The highest BCUT2D eigenvalue weighted by Crippen LogP contribution is 2.25. The van der Waals surface area contributed by atoms with E-state index in [-0.39, 0.29) is 5.76 Å². The molecule has 76 valence electrons. The fraction of sp³-hybridized carbons (Fsp3) is 0.167. The molecule has 2 rings (SSSR count). The highest BCUT2D eigenvalue weighted by molar-refractivity contribution is 5.83. The van der Waals surface area contributed by atoms with Crippen LogP contribution in [-0.2, 0) is 0 Å². The van der Waals surface area contributed by atoms with E-state index in [0.29, 0.717) is 12.0 Å². The predicted octanol–water partition coefficient (Wildman–Crippen LogP) is 2.77. The number of rotatable bonds is 2. The van der Waals surface area contributed by atoms with Crippen molar-refractivity contribution in [3.8, 4) is 11.3 Å². The summed E-state index contributed by atoms with van der Waals surface area (Å²) in [4.78, 5) is 14.8. The van der Waals surface area contributed by atoms with Crippen molar-refractivity contribution in [3.63, 3.8) is 0 Å². The first-order valence-corrected chi connectivity index (χ1v) is 4.68. The maximum Gasteiger partial charge on any atom is 0.194 e. The molecule has 0 fully saturated rings. The maximum absolute atomic E-state index is 10.7. The predicted molar refractivity (Wildman–Crippen MR) is 56.8 cm³/mol. The molecule has 0 aliphatic rings. The van der Waals surface area contributed by atoms with Crippen molar-refractivity contribution in [2.45, 2.75) is 13.8 Å². The molecule has 0 saturated heterocycles. The third-order valence-electron chi connectivity index (χ3n) is 2.35. The van der Waals surface area contributed by atoms with Gasteiger partial charge in [0, 0.05) is 5.56 Å². The van der Waals surface area contributed by atoms with Gasteiger partial charge in [-0.15, -0.1) is 0 Å². The quantitative estimate of drug-likeness (QED) is 0.701. The van der Waals surface area contributed by atoms with Crippen LogP contribution in [-0.4, -0.2) is 11.3 Å². The summed E-state index contributed by atoms with van der Waals surface area (Å²) >= 11 is 0. The molecular weight excluding hydrogens is 190 g/mol. The monoisotopic (exact) mass is 201 g/mol. The van der Waals surface area contributed by atoms with Crippen molar-refractivity contribution in [1.29, 1.82) is 0 Å². The first kappa shape index (κ1) is 9.65. The lowest BCUT2D eigenvalue weighted by molar-refractivity contribution is 0.110. The molecule has 0 aliphatic carbocycles. The minimum absolute atomic E-state index is 0.281. The molecule has 1 heterocycles. The molecule has 0 bridgehead atoms. The first-order chi connectivity index (χ1) is 7.22. The minimum atomic E-state index is 0.281. The zero-order valence-electron chi connectivity index (χ0n) is 8.65. The number of aryl methyl sites for hydroxylation is 2. The van der Waals surface area contributed by atoms with Crippen LogP contribution in [0.15, 0.2) is 29.0 Å². The fourth-order valence-corrected chi connectivity index (χ4v) is 1.53. The summed E-state index contributed by atoms with van der Waals surface area (Å²) in [5.41, 5.74) is 3.78. The van der Waals surface area contributed by atoms with Crippen LogP contribution in [0.2, 0.25) is 0 Å². The van der Waals surface area contributed by atoms with Gasteiger partial charge in [0.1, 0.15) is 5.69 Å². The Morgan fingerprint density at radius 3 is 2.87 bits per heavy atom. The Morgan fingerprint density at radius 2 is 2.13 bits per heavy atom. The number of aromatic nitrogens is 1. The summed E-state index contributed by atoms with van der Waals surface area (Å²) in [6.45, 7) is 3.99. The van der Waals surface area contributed by atoms with E-state index in [1.165, 1.54) is 6.39 Å². The first-order valence-electron chi connectivity index (χ1n) is 4.68. The van der Waals surface area contributed by atoms with Gasteiger partial charge in [-0.1, -0.05) is 17.7 Å². The summed E-state index contributed by atoms with van der Waals surface area (Å²) < 4.78 is 4.98. The smallest absolute Gasteiger partial charge is 0.194 e. The minimum Gasteiger partial charge on any atom is -0.440 e. The van der Waals surface area contributed by atoms with Crippen molar-refractivity contribution in [2.75, 3.05) is 0 Å². The van der Waals surface area contributed by atoms with Gasteiger partial charge in [0.2, 0.25) is 0 Å². The molecule has 0 saturated carbocycles. The Hall–Kier alpha value is -1.90. The normalized spacial score (nSPS) is 10.3. The van der Waals surface area contributed by atoms with Crippen LogP contribution in [0.1, 0.15) is 21.7 Å². The summed E-state index contributed by atoms with van der Waals surface area (Å²) in [6.07, 6.45) is 1.98. The van der Waals surface area contributed by atoms with Crippen molar-refractivity contribution in [3.05, 3.63) is 41.5 Å². The zero-order valence-corrected chi connectivity index (χ0v) is 8.65. The average molecular weight is 201 g/mol. The lowest BCUT2D eigenvalue weighted by atomic mass is 10.0. The molecule has 0 atom stereocenters. The van der Waals surface area contributed by atoms with E-state index >= 15 is 0 Å². The largest absolute Gasteiger partial charge is 0.440 e. The highest BCUT2D eigenvalue weighted by Gasteiger charge is 2.11. The SMILES string of the molecule is Cc1ccc(C)c(-c2ncoc2C=O)c1. The molecule has 3 heteroatoms. The molecular formula is C12H11NO2. The summed E-state index contributed by atoms with van der Waals surface area (Å²) in [5, 5.41) is 0. The molecule has 0 unspecified atom stereocenters. The van der Waals surface area contributed by atoms with Gasteiger partial charge in [0.25, 0.3) is 0 Å². The number of benzene rings is 1. The lowest BCUT2D eigenvalue weighted by Crippen LogP contribution is -1.88. The Kier molecular flexibility index (Phi) is 2.37. The molecule has 2 aromatic rings. The Labute approximate surface area is 87.8 Å². The van der Waals surface area contributed by atoms with E-state index in [1.54, 1.807) is 0 Å². The van der Waals surface area contributed by atoms with Crippen LogP contribution in [0.25, 0.3) is 11.3 Å². The van der Waals surface area contributed by atoms with Crippen LogP contribution < -0.4 is 0 Å². The van der Waals surface area contributed by atoms with E-state index in [9.17, 15) is 4.79 Å². The number of oxazole rings is 1. The second kappa shape index (κ2) is 3.69. The lowest BCUT2D eigenvalue weighted by Gasteiger charge is -2.03. The highest BCUT2D eigenvalue weighted by atomic mass is 16.3. The Bertz CT molecular complexity index is 500. The van der Waals surface area contributed by atoms with Crippen molar-refractivity contribution >= 4 is 6.29 Å². The van der Waals surface area contributed by atoms with E-state index in [2.05, 4.69) is 4.98 Å². The summed E-state index contributed by atoms with van der Waals surface area (Å²) in [7, 11) is 0. The van der Waals surface area contributed by atoms with Gasteiger partial charge in [-0.25, -0.2) is 4.98 Å². The number of hydrogen-bond donors (Lipinski definition) is 0. The number of aldehydes is 1. The standard InChI is InChI=1S/C12H11NO2/c1-8-3-4-9(2)10(5-8)12-11(6-14)15-7-13-12/h3-7H,1-2H3. The van der Waals surface area contributed by atoms with Gasteiger partial charge in [-0.2, -0.15) is 0 Å². The third kappa shape index (κ3) is 1.68. The maximum atomic E-state index is 10.7. The molecule has 1 aromatic heterocycles. The van der Waals surface area contributed by atoms with Crippen LogP contribution in [0.3, 0.4) is 0 Å². The molecule has 0 N–H and O–H groups in total. The van der Waals surface area contributed by atoms with Crippen molar-refractivity contribution in [2.24, 2.45) is 0 Å². The van der Waals surface area contributed by atoms with Gasteiger partial charge >= 0.3 is 0 Å². The van der Waals surface area contributed by atoms with E-state index in [1.807, 2.05) is 32.0 Å².